The molecule has 4 rings (SSSR count). The second-order valence-corrected chi connectivity index (χ2v) is 8.36. The van der Waals surface area contributed by atoms with Crippen molar-refractivity contribution < 1.29 is 34.6 Å². The van der Waals surface area contributed by atoms with Crippen LogP contribution in [0, 0.1) is 6.92 Å². The highest BCUT2D eigenvalue weighted by Crippen LogP contribution is 2.33. The number of aliphatic hydroxyl groups excluding tert-OH is 4. The molecule has 2 aliphatic heterocycles. The quantitative estimate of drug-likeness (QED) is 0.547. The van der Waals surface area contributed by atoms with E-state index in [1.165, 1.54) is 0 Å². The molecule has 0 aliphatic carbocycles. The minimum absolute atomic E-state index is 0.114. The number of hydrogen-bond donors (Lipinski definition) is 4. The van der Waals surface area contributed by atoms with E-state index < -0.39 is 37.1 Å². The molecule has 6 atom stereocenters. The van der Waals surface area contributed by atoms with Crippen molar-refractivity contribution in [3.8, 4) is 5.75 Å². The van der Waals surface area contributed by atoms with Crippen LogP contribution in [-0.4, -0.2) is 70.8 Å². The Labute approximate surface area is 181 Å². The van der Waals surface area contributed by atoms with Crippen LogP contribution in [0.25, 0.3) is 0 Å². The van der Waals surface area contributed by atoms with E-state index in [1.807, 2.05) is 49.4 Å². The van der Waals surface area contributed by atoms with E-state index in [4.69, 9.17) is 14.2 Å². The number of aryl methyl sites for hydroxylation is 1. The van der Waals surface area contributed by atoms with Crippen LogP contribution in [0.2, 0.25) is 0 Å². The first-order valence-electron chi connectivity index (χ1n) is 10.7. The molecule has 4 N–H and O–H groups in total. The van der Waals surface area contributed by atoms with Crippen molar-refractivity contribution in [2.45, 2.75) is 56.4 Å². The molecular formula is C24H30O7. The summed E-state index contributed by atoms with van der Waals surface area (Å²) < 4.78 is 17.0. The monoisotopic (exact) mass is 430 g/mol. The number of hydrogen-bond acceptors (Lipinski definition) is 7. The minimum atomic E-state index is -1.39. The van der Waals surface area contributed by atoms with E-state index in [1.54, 1.807) is 0 Å². The summed E-state index contributed by atoms with van der Waals surface area (Å²) in [6, 6.07) is 13.7. The van der Waals surface area contributed by atoms with Gasteiger partial charge in [0.2, 0.25) is 0 Å². The van der Waals surface area contributed by atoms with Gasteiger partial charge in [-0.2, -0.15) is 0 Å². The van der Waals surface area contributed by atoms with Gasteiger partial charge in [0.05, 0.1) is 19.8 Å². The van der Waals surface area contributed by atoms with Crippen molar-refractivity contribution in [3.05, 3.63) is 64.7 Å². The number of benzene rings is 2. The molecule has 0 bridgehead atoms. The second-order valence-electron chi connectivity index (χ2n) is 8.36. The lowest BCUT2D eigenvalue weighted by molar-refractivity contribution is -0.231. The van der Waals surface area contributed by atoms with Gasteiger partial charge in [-0.15, -0.1) is 0 Å². The topological polar surface area (TPSA) is 109 Å². The Morgan fingerprint density at radius 2 is 1.77 bits per heavy atom. The Balaban J connectivity index is 1.49. The van der Waals surface area contributed by atoms with Gasteiger partial charge in [0, 0.05) is 6.42 Å². The van der Waals surface area contributed by atoms with E-state index in [0.29, 0.717) is 18.6 Å². The first-order valence-corrected chi connectivity index (χ1v) is 10.7. The van der Waals surface area contributed by atoms with Gasteiger partial charge in [-0.3, -0.25) is 0 Å². The number of rotatable bonds is 6. The molecule has 0 aromatic heterocycles. The van der Waals surface area contributed by atoms with Gasteiger partial charge in [0.1, 0.15) is 42.4 Å². The lowest BCUT2D eigenvalue weighted by atomic mass is 9.89. The maximum absolute atomic E-state index is 10.4. The molecule has 2 aromatic carbocycles. The van der Waals surface area contributed by atoms with Crippen molar-refractivity contribution in [3.63, 3.8) is 0 Å². The predicted molar refractivity (Wildman–Crippen MR) is 113 cm³/mol. The van der Waals surface area contributed by atoms with E-state index in [2.05, 4.69) is 0 Å². The van der Waals surface area contributed by atoms with Gasteiger partial charge in [-0.1, -0.05) is 30.3 Å². The summed E-state index contributed by atoms with van der Waals surface area (Å²) in [5.41, 5.74) is 3.96. The average Bonchev–Trinajstić information content (AvgIpc) is 3.28. The highest BCUT2D eigenvalue weighted by atomic mass is 16.5. The van der Waals surface area contributed by atoms with Crippen LogP contribution in [0.1, 0.15) is 34.8 Å². The zero-order valence-corrected chi connectivity index (χ0v) is 17.6. The zero-order valence-electron chi connectivity index (χ0n) is 17.6. The van der Waals surface area contributed by atoms with Gasteiger partial charge >= 0.3 is 0 Å². The van der Waals surface area contributed by atoms with Gasteiger partial charge in [-0.05, 0) is 47.7 Å². The fourth-order valence-corrected chi connectivity index (χ4v) is 4.14. The molecule has 2 aromatic rings. The van der Waals surface area contributed by atoms with Crippen LogP contribution in [0.4, 0.5) is 0 Å². The predicted octanol–water partition coefficient (Wildman–Crippen LogP) is 1.27. The number of ether oxygens (including phenoxy) is 3. The van der Waals surface area contributed by atoms with Crippen molar-refractivity contribution >= 4 is 0 Å². The summed E-state index contributed by atoms with van der Waals surface area (Å²) >= 11 is 0. The van der Waals surface area contributed by atoms with Crippen LogP contribution >= 0.6 is 0 Å². The summed E-state index contributed by atoms with van der Waals surface area (Å²) in [6.45, 7) is 2.95. The summed E-state index contributed by atoms with van der Waals surface area (Å²) in [7, 11) is 0. The molecule has 2 fully saturated rings. The maximum Gasteiger partial charge on any atom is 0.124 e. The third kappa shape index (κ3) is 4.92. The normalized spacial score (nSPS) is 31.0. The van der Waals surface area contributed by atoms with E-state index in [-0.39, 0.29) is 6.10 Å². The summed E-state index contributed by atoms with van der Waals surface area (Å²) in [6.07, 6.45) is -4.09. The first kappa shape index (κ1) is 22.2. The Morgan fingerprint density at radius 3 is 2.45 bits per heavy atom. The molecule has 7 heteroatoms. The van der Waals surface area contributed by atoms with E-state index in [9.17, 15) is 20.4 Å². The lowest BCUT2D eigenvalue weighted by Crippen LogP contribution is -2.55. The smallest absolute Gasteiger partial charge is 0.124 e. The minimum Gasteiger partial charge on any atom is -0.488 e. The highest BCUT2D eigenvalue weighted by molar-refractivity contribution is 5.38. The number of aliphatic hydroxyl groups is 4. The molecule has 0 spiro atoms. The zero-order chi connectivity index (χ0) is 22.0. The third-order valence-electron chi connectivity index (χ3n) is 6.10. The maximum atomic E-state index is 10.4. The molecule has 2 saturated heterocycles. The van der Waals surface area contributed by atoms with E-state index in [0.717, 1.165) is 35.5 Å². The molecule has 7 nitrogen and oxygen atoms in total. The molecule has 0 radical (unpaired) electrons. The van der Waals surface area contributed by atoms with Gasteiger partial charge < -0.3 is 34.6 Å². The van der Waals surface area contributed by atoms with Crippen LogP contribution in [0.15, 0.2) is 42.5 Å². The average molecular weight is 430 g/mol. The Hall–Kier alpha value is -2.00. The van der Waals surface area contributed by atoms with Crippen molar-refractivity contribution in [2.75, 3.05) is 19.8 Å². The van der Waals surface area contributed by atoms with E-state index >= 15 is 0 Å². The lowest BCUT2D eigenvalue weighted by Gasteiger charge is -2.40. The van der Waals surface area contributed by atoms with Gasteiger partial charge in [-0.25, -0.2) is 0 Å². The van der Waals surface area contributed by atoms with Gasteiger partial charge in [0.25, 0.3) is 0 Å². The molecule has 31 heavy (non-hydrogen) atoms. The summed E-state index contributed by atoms with van der Waals surface area (Å²) in [4.78, 5) is 0. The fraction of sp³-hybridized carbons (Fsp3) is 0.500. The second kappa shape index (κ2) is 9.65. The fourth-order valence-electron chi connectivity index (χ4n) is 4.14. The molecule has 2 heterocycles. The molecule has 0 saturated carbocycles. The van der Waals surface area contributed by atoms with Crippen molar-refractivity contribution in [1.29, 1.82) is 0 Å². The van der Waals surface area contributed by atoms with Gasteiger partial charge in [0.15, 0.2) is 0 Å². The summed E-state index contributed by atoms with van der Waals surface area (Å²) in [5, 5.41) is 40.0. The van der Waals surface area contributed by atoms with Crippen LogP contribution in [0.3, 0.4) is 0 Å². The molecule has 168 valence electrons. The van der Waals surface area contributed by atoms with Crippen LogP contribution < -0.4 is 4.74 Å². The van der Waals surface area contributed by atoms with Crippen LogP contribution in [0.5, 0.6) is 5.75 Å². The molecule has 2 aliphatic rings. The largest absolute Gasteiger partial charge is 0.488 e. The molecular weight excluding hydrogens is 400 g/mol. The standard InChI is InChI=1S/C24H30O7/c1-14-2-5-16(24-23(28)22(27)21(26)20(12-25)31-24)11-17(14)10-15-3-6-18(7-4-15)30-19-8-9-29-13-19/h2-7,11,19-28H,8-10,12-13H2,1H3/t19?,20?,21-,22?,23-,24?/m1/s1. The Kier molecular flexibility index (Phi) is 6.91. The Bertz CT molecular complexity index is 861. The molecule has 4 unspecified atom stereocenters. The van der Waals surface area contributed by atoms with Crippen molar-refractivity contribution in [1.82, 2.24) is 0 Å². The Morgan fingerprint density at radius 1 is 1.00 bits per heavy atom. The first-order chi connectivity index (χ1) is 15.0. The van der Waals surface area contributed by atoms with Crippen molar-refractivity contribution in [2.24, 2.45) is 0 Å². The molecule has 0 amide bonds. The summed E-state index contributed by atoms with van der Waals surface area (Å²) in [5.74, 6) is 0.825. The third-order valence-corrected chi connectivity index (χ3v) is 6.10. The highest BCUT2D eigenvalue weighted by Gasteiger charge is 2.43. The van der Waals surface area contributed by atoms with Crippen LogP contribution in [-0.2, 0) is 15.9 Å². The SMILES string of the molecule is Cc1ccc(C2OC(CO)[C@@H](O)C(O)[C@H]2O)cc1Cc1ccc(OC2CCOC2)cc1.